The third-order valence-electron chi connectivity index (χ3n) is 7.04. The smallest absolute Gasteiger partial charge is 0.273 e. The van der Waals surface area contributed by atoms with Crippen molar-refractivity contribution in [1.29, 1.82) is 0 Å². The molecule has 0 bridgehead atoms. The minimum absolute atomic E-state index is 0.0425. The van der Waals surface area contributed by atoms with E-state index in [9.17, 15) is 14.4 Å². The topological polar surface area (TPSA) is 135 Å². The molecule has 1 aliphatic rings. The number of carbonyl (C=O) groups excluding carboxylic acids is 3. The van der Waals surface area contributed by atoms with Crippen molar-refractivity contribution in [2.45, 2.75) is 58.0 Å². The van der Waals surface area contributed by atoms with Crippen LogP contribution < -0.4 is 26.6 Å². The van der Waals surface area contributed by atoms with Crippen molar-refractivity contribution in [3.8, 4) is 0 Å². The van der Waals surface area contributed by atoms with Gasteiger partial charge in [0, 0.05) is 31.5 Å². The molecular formula is C29H36N6O3S. The van der Waals surface area contributed by atoms with E-state index in [0.29, 0.717) is 11.3 Å². The fourth-order valence-electron chi connectivity index (χ4n) is 5.11. The quantitative estimate of drug-likeness (QED) is 0.383. The number of aromatic nitrogens is 1. The summed E-state index contributed by atoms with van der Waals surface area (Å²) in [5.74, 6) is -1.61. The van der Waals surface area contributed by atoms with Crippen LogP contribution in [0.15, 0.2) is 42.5 Å². The average molecular weight is 549 g/mol. The minimum atomic E-state index is -0.990. The van der Waals surface area contributed by atoms with Gasteiger partial charge in [-0.05, 0) is 79.2 Å². The van der Waals surface area contributed by atoms with Crippen molar-refractivity contribution in [2.75, 3.05) is 29.6 Å². The third-order valence-corrected chi connectivity index (χ3v) is 7.89. The second-order valence-corrected chi connectivity index (χ2v) is 11.2. The van der Waals surface area contributed by atoms with Crippen molar-refractivity contribution in [1.82, 2.24) is 9.69 Å². The lowest BCUT2D eigenvalue weighted by Gasteiger charge is -2.34. The monoisotopic (exact) mass is 548 g/mol. The van der Waals surface area contributed by atoms with Crippen molar-refractivity contribution in [3.63, 3.8) is 0 Å². The fourth-order valence-corrected chi connectivity index (χ4v) is 5.85. The molecule has 0 saturated heterocycles. The highest BCUT2D eigenvalue weighted by Gasteiger charge is 2.37. The Kier molecular flexibility index (Phi) is 8.54. The highest BCUT2D eigenvalue weighted by molar-refractivity contribution is 7.09. The van der Waals surface area contributed by atoms with E-state index in [-0.39, 0.29) is 28.2 Å². The number of anilines is 3. The summed E-state index contributed by atoms with van der Waals surface area (Å²) in [6, 6.07) is 12.4. The Labute approximate surface area is 233 Å². The summed E-state index contributed by atoms with van der Waals surface area (Å²) < 4.78 is 4.04. The molecular weight excluding hydrogens is 512 g/mol. The molecule has 39 heavy (non-hydrogen) atoms. The maximum atomic E-state index is 14.3. The molecule has 3 amide bonds. The van der Waals surface area contributed by atoms with E-state index in [1.54, 1.807) is 0 Å². The van der Waals surface area contributed by atoms with Crippen LogP contribution in [0.1, 0.15) is 75.0 Å². The molecule has 206 valence electrons. The Balaban J connectivity index is 1.87. The summed E-state index contributed by atoms with van der Waals surface area (Å²) in [5, 5.41) is 3.22. The van der Waals surface area contributed by atoms with Gasteiger partial charge in [0.25, 0.3) is 11.8 Å². The van der Waals surface area contributed by atoms with Crippen LogP contribution in [0, 0.1) is 13.8 Å². The highest BCUT2D eigenvalue weighted by atomic mass is 32.1. The number of carbonyl (C=O) groups is 3. The first-order valence-electron chi connectivity index (χ1n) is 13.1. The van der Waals surface area contributed by atoms with E-state index < -0.39 is 17.9 Å². The number of amides is 3. The lowest BCUT2D eigenvalue weighted by Crippen LogP contribution is -2.47. The van der Waals surface area contributed by atoms with Gasteiger partial charge in [0.2, 0.25) is 5.91 Å². The molecule has 1 heterocycles. The minimum Gasteiger partial charge on any atom is -0.395 e. The fraction of sp³-hybridized carbons (Fsp3) is 0.379. The maximum Gasteiger partial charge on any atom is 0.273 e. The molecule has 3 aromatic rings. The van der Waals surface area contributed by atoms with Crippen LogP contribution in [0.2, 0.25) is 0 Å². The molecule has 2 aromatic carbocycles. The van der Waals surface area contributed by atoms with E-state index in [0.717, 1.165) is 60.5 Å². The lowest BCUT2D eigenvalue weighted by molar-refractivity contribution is -0.123. The summed E-state index contributed by atoms with van der Waals surface area (Å²) in [6.45, 7) is 3.88. The van der Waals surface area contributed by atoms with E-state index in [1.165, 1.54) is 4.90 Å². The standard InChI is InChI=1S/C29H36N6O3S/c1-17-14-18(2)16-22(15-17)35(29(38)26-23(30)24(27(31)36)33-39-26)25(19-10-12-21(13-11-19)34(3)4)28(37)32-20-8-6-5-7-9-20/h10-16,20,25H,5-9,30H2,1-4H3,(H2,31,36)(H,32,37)/t25-/m0/s1. The van der Waals surface area contributed by atoms with E-state index in [4.69, 9.17) is 11.5 Å². The van der Waals surface area contributed by atoms with Crippen molar-refractivity contribution in [2.24, 2.45) is 5.73 Å². The Morgan fingerprint density at radius 3 is 2.13 bits per heavy atom. The molecule has 1 saturated carbocycles. The molecule has 10 heteroatoms. The van der Waals surface area contributed by atoms with E-state index in [2.05, 4.69) is 9.69 Å². The van der Waals surface area contributed by atoms with E-state index in [1.807, 2.05) is 75.3 Å². The van der Waals surface area contributed by atoms with Gasteiger partial charge in [-0.2, -0.15) is 4.37 Å². The number of hydrogen-bond donors (Lipinski definition) is 3. The normalized spacial score (nSPS) is 14.5. The predicted molar refractivity (Wildman–Crippen MR) is 156 cm³/mol. The van der Waals surface area contributed by atoms with E-state index >= 15 is 0 Å². The second kappa shape index (κ2) is 11.9. The summed E-state index contributed by atoms with van der Waals surface area (Å²) in [7, 11) is 3.88. The predicted octanol–water partition coefficient (Wildman–Crippen LogP) is 4.34. The molecule has 1 atom stereocenters. The summed E-state index contributed by atoms with van der Waals surface area (Å²) >= 11 is 0.805. The van der Waals surface area contributed by atoms with Crippen LogP contribution in [0.5, 0.6) is 0 Å². The largest absolute Gasteiger partial charge is 0.395 e. The lowest BCUT2D eigenvalue weighted by atomic mass is 9.94. The van der Waals surface area contributed by atoms with Gasteiger partial charge >= 0.3 is 0 Å². The van der Waals surface area contributed by atoms with Gasteiger partial charge in [0.15, 0.2) is 5.69 Å². The zero-order chi connectivity index (χ0) is 28.3. The average Bonchev–Trinajstić information content (AvgIpc) is 3.28. The van der Waals surface area contributed by atoms with Crippen molar-refractivity contribution >= 4 is 46.3 Å². The Bertz CT molecular complexity index is 1340. The number of benzene rings is 2. The molecule has 1 aromatic heterocycles. The third kappa shape index (κ3) is 6.22. The zero-order valence-corrected chi connectivity index (χ0v) is 23.7. The van der Waals surface area contributed by atoms with Gasteiger partial charge in [-0.3, -0.25) is 19.3 Å². The molecule has 1 fully saturated rings. The molecule has 0 unspecified atom stereocenters. The first-order valence-corrected chi connectivity index (χ1v) is 13.9. The van der Waals surface area contributed by atoms with Gasteiger partial charge in [0.1, 0.15) is 10.9 Å². The number of nitrogens with one attached hydrogen (secondary N) is 1. The van der Waals surface area contributed by atoms with Gasteiger partial charge in [-0.1, -0.05) is 37.5 Å². The molecule has 0 spiro atoms. The van der Waals surface area contributed by atoms with Crippen LogP contribution >= 0.6 is 11.5 Å². The first-order chi connectivity index (χ1) is 18.6. The van der Waals surface area contributed by atoms with Crippen molar-refractivity contribution < 1.29 is 14.4 Å². The van der Waals surface area contributed by atoms with Gasteiger partial charge < -0.3 is 21.7 Å². The number of nitrogens with zero attached hydrogens (tertiary/aromatic N) is 3. The summed E-state index contributed by atoms with van der Waals surface area (Å²) in [4.78, 5) is 43.8. The molecule has 9 nitrogen and oxygen atoms in total. The first kappa shape index (κ1) is 28.1. The number of nitrogen functional groups attached to an aromatic ring is 1. The molecule has 0 aliphatic heterocycles. The molecule has 0 radical (unpaired) electrons. The van der Waals surface area contributed by atoms with Crippen LogP contribution in [-0.2, 0) is 4.79 Å². The number of nitrogens with two attached hydrogens (primary N) is 2. The van der Waals surface area contributed by atoms with Crippen LogP contribution in [-0.4, -0.2) is 42.2 Å². The Hall–Kier alpha value is -3.92. The van der Waals surface area contributed by atoms with Crippen LogP contribution in [0.4, 0.5) is 17.1 Å². The number of hydrogen-bond acceptors (Lipinski definition) is 7. The number of primary amides is 1. The highest BCUT2D eigenvalue weighted by Crippen LogP contribution is 2.35. The molecule has 5 N–H and O–H groups in total. The van der Waals surface area contributed by atoms with Crippen molar-refractivity contribution in [3.05, 3.63) is 69.7 Å². The Morgan fingerprint density at radius 1 is 0.974 bits per heavy atom. The molecule has 1 aliphatic carbocycles. The molecule has 4 rings (SSSR count). The SMILES string of the molecule is Cc1cc(C)cc(N(C(=O)c2snc(C(N)=O)c2N)[C@H](C(=O)NC2CCCCC2)c2ccc(N(C)C)cc2)c1. The maximum absolute atomic E-state index is 14.3. The van der Waals surface area contributed by atoms with Gasteiger partial charge in [-0.25, -0.2) is 0 Å². The van der Waals surface area contributed by atoms with Gasteiger partial charge in [-0.15, -0.1) is 0 Å². The second-order valence-electron chi connectivity index (χ2n) is 10.4. The van der Waals surface area contributed by atoms with Crippen LogP contribution in [0.3, 0.4) is 0 Å². The summed E-state index contributed by atoms with van der Waals surface area (Å²) in [6.07, 6.45) is 5.07. The van der Waals surface area contributed by atoms with Crippen LogP contribution in [0.25, 0.3) is 0 Å². The van der Waals surface area contributed by atoms with Gasteiger partial charge in [0.05, 0.1) is 5.69 Å². The zero-order valence-electron chi connectivity index (χ0n) is 22.9. The Morgan fingerprint density at radius 2 is 1.59 bits per heavy atom. The summed E-state index contributed by atoms with van der Waals surface area (Å²) in [5.41, 5.74) is 15.4. The number of aryl methyl sites for hydroxylation is 2. The number of rotatable bonds is 8.